The molecule has 11 heteroatoms. The van der Waals surface area contributed by atoms with Gasteiger partial charge in [0, 0.05) is 0 Å². The molecule has 0 amide bonds. The summed E-state index contributed by atoms with van der Waals surface area (Å²) in [7, 11) is -4.70. The molecule has 0 aliphatic heterocycles. The average molecular weight is 502 g/mol. The number of phosphoric ester groups is 1. The summed E-state index contributed by atoms with van der Waals surface area (Å²) in [6.07, 6.45) is 4.26. The number of nitrogens with zero attached hydrogens (tertiary/aromatic N) is 3. The Kier molecular flexibility index (Phi) is 10.1. The second-order valence-electron chi connectivity index (χ2n) is 8.26. The largest absolute Gasteiger partial charge is 0.469 e. The Hall–Kier alpha value is -1.77. The van der Waals surface area contributed by atoms with E-state index in [9.17, 15) is 14.4 Å². The van der Waals surface area contributed by atoms with Gasteiger partial charge in [-0.15, -0.1) is 4.98 Å². The van der Waals surface area contributed by atoms with Crippen LogP contribution in [0.3, 0.4) is 0 Å². The molecule has 0 aliphatic carbocycles. The summed E-state index contributed by atoms with van der Waals surface area (Å²) in [5.41, 5.74) is 1.91. The van der Waals surface area contributed by atoms with Crippen molar-refractivity contribution in [1.29, 1.82) is 0 Å². The number of halogens is 1. The Morgan fingerprint density at radius 1 is 0.970 bits per heavy atom. The van der Waals surface area contributed by atoms with E-state index in [1.807, 2.05) is 46.8 Å². The van der Waals surface area contributed by atoms with Gasteiger partial charge < -0.3 is 19.3 Å². The van der Waals surface area contributed by atoms with Crippen LogP contribution in [-0.4, -0.2) is 36.9 Å². The molecule has 0 bridgehead atoms. The van der Waals surface area contributed by atoms with Gasteiger partial charge in [0.05, 0.1) is 6.61 Å². The molecular weight excluding hydrogens is 469 g/mol. The maximum absolute atomic E-state index is 11.4. The van der Waals surface area contributed by atoms with E-state index >= 15 is 0 Å². The van der Waals surface area contributed by atoms with Crippen LogP contribution in [0.15, 0.2) is 12.1 Å². The minimum Gasteiger partial charge on any atom is -0.454 e. The Labute approximate surface area is 200 Å². The number of aromatic nitrogens is 3. The third kappa shape index (κ3) is 8.83. The lowest BCUT2D eigenvalue weighted by Gasteiger charge is -2.33. The molecule has 1 heterocycles. The molecule has 0 aliphatic rings. The van der Waals surface area contributed by atoms with Gasteiger partial charge in [-0.3, -0.25) is 4.52 Å². The molecular formula is C22H33ClN3O6P. The van der Waals surface area contributed by atoms with Gasteiger partial charge in [0.1, 0.15) is 11.4 Å². The van der Waals surface area contributed by atoms with E-state index in [2.05, 4.69) is 15.0 Å². The summed E-state index contributed by atoms with van der Waals surface area (Å²) < 4.78 is 28.3. The van der Waals surface area contributed by atoms with Crippen LogP contribution in [0.25, 0.3) is 0 Å². The highest BCUT2D eigenvalue weighted by Crippen LogP contribution is 2.40. The third-order valence-corrected chi connectivity index (χ3v) is 5.78. The van der Waals surface area contributed by atoms with Gasteiger partial charge in [-0.2, -0.15) is 9.97 Å². The second kappa shape index (κ2) is 12.1. The first-order valence-corrected chi connectivity index (χ1v) is 12.9. The third-order valence-electron chi connectivity index (χ3n) is 5.14. The number of unbranched alkanes of at least 4 members (excludes halogenated alkanes) is 2. The van der Waals surface area contributed by atoms with Crippen molar-refractivity contribution < 1.29 is 28.3 Å². The van der Waals surface area contributed by atoms with Crippen molar-refractivity contribution in [2.24, 2.45) is 0 Å². The Bertz CT molecular complexity index is 954. The summed E-state index contributed by atoms with van der Waals surface area (Å²) >= 11 is 6.13. The van der Waals surface area contributed by atoms with Crippen LogP contribution >= 0.6 is 19.4 Å². The topological polar surface area (TPSA) is 124 Å². The molecule has 0 atom stereocenters. The lowest BCUT2D eigenvalue weighted by atomic mass is 9.91. The molecule has 33 heavy (non-hydrogen) atoms. The monoisotopic (exact) mass is 501 g/mol. The quantitative estimate of drug-likeness (QED) is 0.325. The fourth-order valence-corrected chi connectivity index (χ4v) is 4.17. The summed E-state index contributed by atoms with van der Waals surface area (Å²) in [5, 5.41) is -0.117. The molecule has 0 radical (unpaired) electrons. The van der Waals surface area contributed by atoms with Gasteiger partial charge in [-0.1, -0.05) is 44.4 Å². The SMILES string of the molecule is CCCCC(CCCC)(COP(=O)(O)O)Oc1nc(Cl)nc(Oc2c(C)cc(C)cc2C)n1. The van der Waals surface area contributed by atoms with Crippen molar-refractivity contribution in [3.8, 4) is 17.8 Å². The molecule has 0 saturated carbocycles. The maximum atomic E-state index is 11.4. The van der Waals surface area contributed by atoms with Crippen LogP contribution in [0.4, 0.5) is 0 Å². The van der Waals surface area contributed by atoms with Gasteiger partial charge >= 0.3 is 19.8 Å². The van der Waals surface area contributed by atoms with Crippen molar-refractivity contribution in [1.82, 2.24) is 15.0 Å². The van der Waals surface area contributed by atoms with E-state index in [1.165, 1.54) is 0 Å². The standard InChI is InChI=1S/C22H33ClN3O6P/c1-6-8-10-22(11-9-7-2,14-30-33(27,28)29)32-21-25-19(23)24-20(26-21)31-18-16(4)12-15(3)13-17(18)5/h12-13H,6-11,14H2,1-5H3,(H2,27,28,29). The summed E-state index contributed by atoms with van der Waals surface area (Å²) in [6, 6.07) is 3.86. The zero-order valence-corrected chi connectivity index (χ0v) is 21.4. The van der Waals surface area contributed by atoms with Crippen molar-refractivity contribution in [3.63, 3.8) is 0 Å². The molecule has 0 saturated heterocycles. The van der Waals surface area contributed by atoms with Gasteiger partial charge in [0.25, 0.3) is 0 Å². The van der Waals surface area contributed by atoms with Crippen molar-refractivity contribution in [3.05, 3.63) is 34.1 Å². The number of hydrogen-bond donors (Lipinski definition) is 2. The van der Waals surface area contributed by atoms with Crippen LogP contribution in [-0.2, 0) is 9.09 Å². The predicted molar refractivity (Wildman–Crippen MR) is 126 cm³/mol. The first-order valence-electron chi connectivity index (χ1n) is 11.0. The van der Waals surface area contributed by atoms with Crippen molar-refractivity contribution >= 4 is 19.4 Å². The molecule has 9 nitrogen and oxygen atoms in total. The zero-order chi connectivity index (χ0) is 24.6. The molecule has 1 aromatic carbocycles. The fourth-order valence-electron chi connectivity index (χ4n) is 3.62. The molecule has 2 rings (SSSR count). The lowest BCUT2D eigenvalue weighted by Crippen LogP contribution is -2.41. The van der Waals surface area contributed by atoms with Crippen molar-refractivity contribution in [2.45, 2.75) is 78.7 Å². The van der Waals surface area contributed by atoms with Crippen LogP contribution in [0.2, 0.25) is 5.28 Å². The number of aryl methyl sites for hydroxylation is 3. The first-order chi connectivity index (χ1) is 15.5. The smallest absolute Gasteiger partial charge is 0.454 e. The summed E-state index contributed by atoms with van der Waals surface area (Å²) in [5.74, 6) is 0.613. The summed E-state index contributed by atoms with van der Waals surface area (Å²) in [4.78, 5) is 31.0. The molecule has 0 fully saturated rings. The first kappa shape index (κ1) is 27.5. The molecule has 0 unspecified atom stereocenters. The number of hydrogen-bond acceptors (Lipinski definition) is 7. The Balaban J connectivity index is 2.38. The van der Waals surface area contributed by atoms with Gasteiger partial charge in [-0.25, -0.2) is 4.57 Å². The fraction of sp³-hybridized carbons (Fsp3) is 0.591. The number of rotatable bonds is 13. The highest BCUT2D eigenvalue weighted by atomic mass is 35.5. The van der Waals surface area contributed by atoms with Crippen LogP contribution in [0.1, 0.15) is 69.1 Å². The molecule has 0 spiro atoms. The van der Waals surface area contributed by atoms with Crippen molar-refractivity contribution in [2.75, 3.05) is 6.61 Å². The molecule has 1 aromatic heterocycles. The zero-order valence-electron chi connectivity index (χ0n) is 19.8. The summed E-state index contributed by atoms with van der Waals surface area (Å²) in [6.45, 7) is 9.58. The van der Waals surface area contributed by atoms with Gasteiger partial charge in [-0.05, 0) is 69.2 Å². The molecule has 2 aromatic rings. The molecule has 184 valence electrons. The van der Waals surface area contributed by atoms with Crippen LogP contribution in [0, 0.1) is 20.8 Å². The minimum atomic E-state index is -4.70. The second-order valence-corrected chi connectivity index (χ2v) is 9.83. The van der Waals surface area contributed by atoms with E-state index < -0.39 is 13.4 Å². The van der Waals surface area contributed by atoms with Crippen LogP contribution in [0.5, 0.6) is 17.8 Å². The Morgan fingerprint density at radius 3 is 2.03 bits per heavy atom. The Morgan fingerprint density at radius 2 is 1.52 bits per heavy atom. The van der Waals surface area contributed by atoms with Crippen LogP contribution < -0.4 is 9.47 Å². The molecule has 2 N–H and O–H groups in total. The average Bonchev–Trinajstić information content (AvgIpc) is 2.71. The van der Waals surface area contributed by atoms with Gasteiger partial charge in [0.15, 0.2) is 0 Å². The number of phosphoric acid groups is 1. The van der Waals surface area contributed by atoms with Gasteiger partial charge in [0.2, 0.25) is 5.28 Å². The highest BCUT2D eigenvalue weighted by Gasteiger charge is 2.36. The maximum Gasteiger partial charge on any atom is 0.469 e. The van der Waals surface area contributed by atoms with E-state index in [0.29, 0.717) is 18.6 Å². The number of benzene rings is 1. The van der Waals surface area contributed by atoms with E-state index in [0.717, 1.165) is 42.4 Å². The minimum absolute atomic E-state index is 0.0316. The predicted octanol–water partition coefficient (Wildman–Crippen LogP) is 5.85. The van der Waals surface area contributed by atoms with E-state index in [-0.39, 0.29) is 23.9 Å². The normalized spacial score (nSPS) is 12.1. The highest BCUT2D eigenvalue weighted by molar-refractivity contribution is 7.46. The number of ether oxygens (including phenoxy) is 2. The lowest BCUT2D eigenvalue weighted by molar-refractivity contribution is -0.0155. The van der Waals surface area contributed by atoms with E-state index in [1.54, 1.807) is 0 Å². The van der Waals surface area contributed by atoms with E-state index in [4.69, 9.17) is 25.6 Å².